The minimum Gasteiger partial charge on any atom is -0.497 e. The fraction of sp³-hybridized carbons (Fsp3) is 0.480. The van der Waals surface area contributed by atoms with Crippen molar-refractivity contribution in [2.24, 2.45) is 0 Å². The van der Waals surface area contributed by atoms with E-state index in [2.05, 4.69) is 64.6 Å². The van der Waals surface area contributed by atoms with Crippen LogP contribution in [0.1, 0.15) is 45.0 Å². The molecule has 0 aliphatic carbocycles. The number of ether oxygens (including phenoxy) is 1. The van der Waals surface area contributed by atoms with Gasteiger partial charge < -0.3 is 19.4 Å². The van der Waals surface area contributed by atoms with Crippen molar-refractivity contribution >= 4 is 17.3 Å². The maximum atomic E-state index is 13.0. The first-order chi connectivity index (χ1) is 14.1. The van der Waals surface area contributed by atoms with Crippen molar-refractivity contribution in [3.8, 4) is 5.75 Å². The van der Waals surface area contributed by atoms with Crippen molar-refractivity contribution in [1.82, 2.24) is 9.80 Å². The molecule has 0 spiro atoms. The van der Waals surface area contributed by atoms with Crippen molar-refractivity contribution in [3.63, 3.8) is 0 Å². The molecule has 5 nitrogen and oxygen atoms in total. The molecule has 1 atom stereocenters. The van der Waals surface area contributed by atoms with Gasteiger partial charge in [-0.05, 0) is 85.1 Å². The number of amides is 1. The third-order valence-corrected chi connectivity index (χ3v) is 5.47. The molecule has 30 heavy (non-hydrogen) atoms. The van der Waals surface area contributed by atoms with E-state index in [1.54, 1.807) is 7.11 Å². The normalized spacial score (nSPS) is 12.4. The van der Waals surface area contributed by atoms with Gasteiger partial charge in [-0.15, -0.1) is 0 Å². The summed E-state index contributed by atoms with van der Waals surface area (Å²) in [7, 11) is 5.85. The highest BCUT2D eigenvalue weighted by Crippen LogP contribution is 2.29. The van der Waals surface area contributed by atoms with Crippen LogP contribution in [0.2, 0.25) is 0 Å². The summed E-state index contributed by atoms with van der Waals surface area (Å²) in [6, 6.07) is 16.7. The molecule has 0 fully saturated rings. The Labute approximate surface area is 182 Å². The molecule has 0 N–H and O–H groups in total. The number of rotatable bonds is 9. The van der Waals surface area contributed by atoms with Gasteiger partial charge in [-0.1, -0.05) is 6.07 Å². The third-order valence-electron chi connectivity index (χ3n) is 5.47. The van der Waals surface area contributed by atoms with Gasteiger partial charge in [0.1, 0.15) is 5.75 Å². The summed E-state index contributed by atoms with van der Waals surface area (Å²) in [5.74, 6) is 0.896. The van der Waals surface area contributed by atoms with Crippen LogP contribution in [-0.4, -0.2) is 61.6 Å². The van der Waals surface area contributed by atoms with E-state index in [-0.39, 0.29) is 18.0 Å². The number of likely N-dealkylation sites (N-methyl/N-ethyl adjacent to an activating group) is 1. The van der Waals surface area contributed by atoms with Crippen LogP contribution in [0, 0.1) is 0 Å². The molecule has 0 heterocycles. The highest BCUT2D eigenvalue weighted by Gasteiger charge is 2.22. The molecule has 0 saturated carbocycles. The Hall–Kier alpha value is -2.53. The topological polar surface area (TPSA) is 36.0 Å². The van der Waals surface area contributed by atoms with Gasteiger partial charge in [-0.3, -0.25) is 4.79 Å². The van der Waals surface area contributed by atoms with Gasteiger partial charge in [-0.25, -0.2) is 0 Å². The summed E-state index contributed by atoms with van der Waals surface area (Å²) >= 11 is 0. The first-order valence-electron chi connectivity index (χ1n) is 10.7. The first kappa shape index (κ1) is 23.7. The van der Waals surface area contributed by atoms with Crippen molar-refractivity contribution in [1.29, 1.82) is 0 Å². The first-order valence-corrected chi connectivity index (χ1v) is 10.7. The average molecular weight is 412 g/mol. The molecule has 5 heteroatoms. The lowest BCUT2D eigenvalue weighted by atomic mass is 10.1. The number of hydrogen-bond acceptors (Lipinski definition) is 4. The Morgan fingerprint density at radius 2 is 1.50 bits per heavy atom. The number of benzene rings is 2. The van der Waals surface area contributed by atoms with Gasteiger partial charge in [0.05, 0.1) is 7.11 Å². The van der Waals surface area contributed by atoms with E-state index < -0.39 is 0 Å². The lowest BCUT2D eigenvalue weighted by Crippen LogP contribution is -2.42. The Kier molecular flexibility index (Phi) is 8.30. The monoisotopic (exact) mass is 411 g/mol. The number of anilines is 2. The summed E-state index contributed by atoms with van der Waals surface area (Å²) in [5.41, 5.74) is 2.83. The van der Waals surface area contributed by atoms with Crippen LogP contribution < -0.4 is 9.64 Å². The molecule has 0 aliphatic rings. The molecule has 1 unspecified atom stereocenters. The summed E-state index contributed by atoms with van der Waals surface area (Å²) in [6.07, 6.45) is 0. The molecule has 1 amide bonds. The van der Waals surface area contributed by atoms with E-state index in [1.807, 2.05) is 47.4 Å². The molecule has 2 aromatic carbocycles. The minimum absolute atomic E-state index is 0.0705. The van der Waals surface area contributed by atoms with E-state index in [4.69, 9.17) is 4.74 Å². The quantitative estimate of drug-likeness (QED) is 0.579. The van der Waals surface area contributed by atoms with Crippen LogP contribution in [0.5, 0.6) is 5.75 Å². The molecular weight excluding hydrogens is 374 g/mol. The van der Waals surface area contributed by atoms with Gasteiger partial charge in [-0.2, -0.15) is 0 Å². The third kappa shape index (κ3) is 5.76. The number of nitrogens with zero attached hydrogens (tertiary/aromatic N) is 3. The molecule has 0 bridgehead atoms. The molecule has 2 rings (SSSR count). The van der Waals surface area contributed by atoms with Gasteiger partial charge in [0, 0.05) is 47.7 Å². The highest BCUT2D eigenvalue weighted by molar-refractivity contribution is 5.95. The standard InChI is InChI=1S/C25H37N3O2/c1-18(2)28(19(3)4)25(29)21-12-14-22(15-13-21)27(17-20(5)26(6)7)23-10-9-11-24(16-23)30-8/h9-16,18-20H,17H2,1-8H3. The van der Waals surface area contributed by atoms with Crippen LogP contribution >= 0.6 is 0 Å². The minimum atomic E-state index is 0.0705. The molecule has 0 aliphatic heterocycles. The zero-order chi connectivity index (χ0) is 22.4. The van der Waals surface area contributed by atoms with Crippen molar-refractivity contribution < 1.29 is 9.53 Å². The Morgan fingerprint density at radius 3 is 2.00 bits per heavy atom. The van der Waals surface area contributed by atoms with Gasteiger partial charge in [0.2, 0.25) is 0 Å². The maximum absolute atomic E-state index is 13.0. The molecular formula is C25H37N3O2. The number of carbonyl (C=O) groups excluding carboxylic acids is 1. The highest BCUT2D eigenvalue weighted by atomic mass is 16.5. The zero-order valence-corrected chi connectivity index (χ0v) is 19.7. The maximum Gasteiger partial charge on any atom is 0.254 e. The summed E-state index contributed by atoms with van der Waals surface area (Å²) in [6.45, 7) is 11.2. The fourth-order valence-corrected chi connectivity index (χ4v) is 3.56. The predicted octanol–water partition coefficient (Wildman–Crippen LogP) is 5.04. The molecule has 0 saturated heterocycles. The lowest BCUT2D eigenvalue weighted by molar-refractivity contribution is 0.0644. The average Bonchev–Trinajstić information content (AvgIpc) is 2.71. The SMILES string of the molecule is COc1cccc(N(CC(C)N(C)C)c2ccc(C(=O)N(C(C)C)C(C)C)cc2)c1. The van der Waals surface area contributed by atoms with E-state index in [1.165, 1.54) is 0 Å². The largest absolute Gasteiger partial charge is 0.497 e. The second-order valence-electron chi connectivity index (χ2n) is 8.57. The predicted molar refractivity (Wildman–Crippen MR) is 126 cm³/mol. The van der Waals surface area contributed by atoms with E-state index in [0.717, 1.165) is 23.7 Å². The lowest BCUT2D eigenvalue weighted by Gasteiger charge is -2.32. The summed E-state index contributed by atoms with van der Waals surface area (Å²) < 4.78 is 5.43. The van der Waals surface area contributed by atoms with E-state index in [9.17, 15) is 4.79 Å². The smallest absolute Gasteiger partial charge is 0.254 e. The fourth-order valence-electron chi connectivity index (χ4n) is 3.56. The van der Waals surface area contributed by atoms with Crippen LogP contribution in [0.3, 0.4) is 0 Å². The second-order valence-corrected chi connectivity index (χ2v) is 8.57. The van der Waals surface area contributed by atoms with Crippen LogP contribution in [0.4, 0.5) is 11.4 Å². The van der Waals surface area contributed by atoms with Crippen molar-refractivity contribution in [2.45, 2.75) is 52.7 Å². The van der Waals surface area contributed by atoms with Crippen molar-refractivity contribution in [2.75, 3.05) is 32.6 Å². The van der Waals surface area contributed by atoms with E-state index in [0.29, 0.717) is 11.6 Å². The number of hydrogen-bond donors (Lipinski definition) is 0. The summed E-state index contributed by atoms with van der Waals surface area (Å²) in [4.78, 5) is 19.4. The Balaban J connectivity index is 2.38. The summed E-state index contributed by atoms with van der Waals surface area (Å²) in [5, 5.41) is 0. The Morgan fingerprint density at radius 1 is 0.900 bits per heavy atom. The molecule has 0 radical (unpaired) electrons. The number of carbonyl (C=O) groups is 1. The van der Waals surface area contributed by atoms with Gasteiger partial charge >= 0.3 is 0 Å². The van der Waals surface area contributed by atoms with Crippen LogP contribution in [0.15, 0.2) is 48.5 Å². The second kappa shape index (κ2) is 10.5. The van der Waals surface area contributed by atoms with Crippen LogP contribution in [-0.2, 0) is 0 Å². The van der Waals surface area contributed by atoms with Crippen LogP contribution in [0.25, 0.3) is 0 Å². The zero-order valence-electron chi connectivity index (χ0n) is 19.7. The van der Waals surface area contributed by atoms with Gasteiger partial charge in [0.15, 0.2) is 0 Å². The Bertz CT molecular complexity index is 807. The molecule has 164 valence electrons. The van der Waals surface area contributed by atoms with Crippen molar-refractivity contribution in [3.05, 3.63) is 54.1 Å². The number of methoxy groups -OCH3 is 1. The van der Waals surface area contributed by atoms with E-state index >= 15 is 0 Å². The molecule has 0 aromatic heterocycles. The molecule has 2 aromatic rings. The van der Waals surface area contributed by atoms with Gasteiger partial charge in [0.25, 0.3) is 5.91 Å².